The van der Waals surface area contributed by atoms with E-state index in [9.17, 15) is 4.79 Å². The van der Waals surface area contributed by atoms with Crippen LogP contribution in [0.3, 0.4) is 0 Å². The average molecular weight is 324 g/mol. The smallest absolute Gasteiger partial charge is 0.266 e. The van der Waals surface area contributed by atoms with Crippen molar-refractivity contribution in [3.05, 3.63) is 50.1 Å². The normalized spacial score (nSPS) is 10.4. The second-order valence-electron chi connectivity index (χ2n) is 4.01. The third-order valence-electron chi connectivity index (χ3n) is 2.80. The molecule has 0 bridgehead atoms. The van der Waals surface area contributed by atoms with Crippen LogP contribution < -0.4 is 5.32 Å². The second kappa shape index (κ2) is 5.67. The first-order valence-corrected chi connectivity index (χ1v) is 7.43. The van der Waals surface area contributed by atoms with Gasteiger partial charge in [-0.05, 0) is 51.8 Å². The molecule has 1 aromatic carbocycles. The van der Waals surface area contributed by atoms with Crippen molar-refractivity contribution in [2.75, 3.05) is 5.32 Å². The van der Waals surface area contributed by atoms with Gasteiger partial charge < -0.3 is 5.32 Å². The summed E-state index contributed by atoms with van der Waals surface area (Å²) in [4.78, 5) is 12.9. The summed E-state index contributed by atoms with van der Waals surface area (Å²) in [5, 5.41) is 4.91. The Balaban J connectivity index is 2.30. The number of thiophene rings is 1. The molecule has 0 saturated carbocycles. The van der Waals surface area contributed by atoms with E-state index in [1.807, 2.05) is 36.6 Å². The number of rotatable bonds is 3. The lowest BCUT2D eigenvalue weighted by atomic mass is 10.1. The van der Waals surface area contributed by atoms with Gasteiger partial charge in [-0.2, -0.15) is 0 Å². The fraction of sp³-hybridized carbons (Fsp3) is 0.214. The van der Waals surface area contributed by atoms with Crippen LogP contribution in [0.25, 0.3) is 0 Å². The van der Waals surface area contributed by atoms with E-state index in [-0.39, 0.29) is 5.91 Å². The highest BCUT2D eigenvalue weighted by atomic mass is 79.9. The highest BCUT2D eigenvalue weighted by Gasteiger charge is 2.14. The number of anilines is 1. The van der Waals surface area contributed by atoms with Gasteiger partial charge in [0.1, 0.15) is 4.88 Å². The van der Waals surface area contributed by atoms with E-state index in [2.05, 4.69) is 28.2 Å². The maximum atomic E-state index is 12.2. The Hall–Kier alpha value is -1.13. The summed E-state index contributed by atoms with van der Waals surface area (Å²) in [6.45, 7) is 4.10. The van der Waals surface area contributed by atoms with Crippen molar-refractivity contribution < 1.29 is 4.79 Å². The van der Waals surface area contributed by atoms with E-state index in [1.165, 1.54) is 11.3 Å². The summed E-state index contributed by atoms with van der Waals surface area (Å²) >= 11 is 4.82. The number of aryl methyl sites for hydroxylation is 2. The van der Waals surface area contributed by atoms with E-state index in [0.717, 1.165) is 27.7 Å². The van der Waals surface area contributed by atoms with E-state index in [0.29, 0.717) is 4.88 Å². The number of benzene rings is 1. The maximum Gasteiger partial charge on any atom is 0.266 e. The van der Waals surface area contributed by atoms with Crippen molar-refractivity contribution >= 4 is 38.9 Å². The molecule has 94 valence electrons. The summed E-state index contributed by atoms with van der Waals surface area (Å²) in [6.07, 6.45) is 0.906. The van der Waals surface area contributed by atoms with Crippen molar-refractivity contribution in [2.45, 2.75) is 20.3 Å². The molecule has 0 aliphatic rings. The molecule has 0 saturated heterocycles. The molecule has 1 N–H and O–H groups in total. The molecule has 18 heavy (non-hydrogen) atoms. The van der Waals surface area contributed by atoms with Crippen LogP contribution in [0.5, 0.6) is 0 Å². The third-order valence-corrected chi connectivity index (χ3v) is 4.64. The summed E-state index contributed by atoms with van der Waals surface area (Å²) in [7, 11) is 0. The predicted molar refractivity (Wildman–Crippen MR) is 80.5 cm³/mol. The van der Waals surface area contributed by atoms with Gasteiger partial charge in [-0.1, -0.05) is 25.1 Å². The van der Waals surface area contributed by atoms with Crippen molar-refractivity contribution in [3.8, 4) is 0 Å². The summed E-state index contributed by atoms with van der Waals surface area (Å²) in [5.41, 5.74) is 3.19. The van der Waals surface area contributed by atoms with Gasteiger partial charge in [0.15, 0.2) is 0 Å². The topological polar surface area (TPSA) is 29.1 Å². The van der Waals surface area contributed by atoms with Gasteiger partial charge in [-0.25, -0.2) is 0 Å². The zero-order chi connectivity index (χ0) is 13.1. The fourth-order valence-electron chi connectivity index (χ4n) is 1.83. The van der Waals surface area contributed by atoms with E-state index in [4.69, 9.17) is 0 Å². The quantitative estimate of drug-likeness (QED) is 0.876. The van der Waals surface area contributed by atoms with Gasteiger partial charge in [-0.15, -0.1) is 11.3 Å². The highest BCUT2D eigenvalue weighted by Crippen LogP contribution is 2.26. The molecule has 2 aromatic rings. The number of carbonyl (C=O) groups is 1. The Kier molecular flexibility index (Phi) is 4.19. The number of halogens is 1. The van der Waals surface area contributed by atoms with Gasteiger partial charge in [0.05, 0.1) is 0 Å². The van der Waals surface area contributed by atoms with Crippen LogP contribution in [0.1, 0.15) is 27.7 Å². The van der Waals surface area contributed by atoms with Gasteiger partial charge in [-0.3, -0.25) is 4.79 Å². The highest BCUT2D eigenvalue weighted by molar-refractivity contribution is 9.10. The molecule has 0 aliphatic carbocycles. The van der Waals surface area contributed by atoms with Crippen LogP contribution in [0, 0.1) is 6.92 Å². The molecule has 0 atom stereocenters. The minimum Gasteiger partial charge on any atom is -0.321 e. The SMILES string of the molecule is CCc1cccc(C)c1NC(=O)c1sccc1Br. The molecule has 1 heterocycles. The first-order valence-electron chi connectivity index (χ1n) is 5.76. The molecule has 1 aromatic heterocycles. The molecule has 1 amide bonds. The Morgan fingerprint density at radius 2 is 2.17 bits per heavy atom. The standard InChI is InChI=1S/C14H14BrNOS/c1-3-10-6-4-5-9(2)12(10)16-14(17)13-11(15)7-8-18-13/h4-8H,3H2,1-2H3,(H,16,17). The first-order chi connectivity index (χ1) is 8.63. The van der Waals surface area contributed by atoms with Gasteiger partial charge in [0, 0.05) is 10.2 Å². The first kappa shape index (κ1) is 13.3. The summed E-state index contributed by atoms with van der Waals surface area (Å²) in [6, 6.07) is 7.97. The van der Waals surface area contributed by atoms with Crippen LogP contribution in [0.15, 0.2) is 34.1 Å². The lowest BCUT2D eigenvalue weighted by Gasteiger charge is -2.12. The van der Waals surface area contributed by atoms with Crippen LogP contribution in [-0.2, 0) is 6.42 Å². The average Bonchev–Trinajstić information content (AvgIpc) is 2.78. The molecule has 0 spiro atoms. The lowest BCUT2D eigenvalue weighted by molar-refractivity contribution is 0.102. The van der Waals surface area contributed by atoms with E-state index < -0.39 is 0 Å². The van der Waals surface area contributed by atoms with Gasteiger partial charge in [0.25, 0.3) is 5.91 Å². The van der Waals surface area contributed by atoms with Crippen LogP contribution in [0.4, 0.5) is 5.69 Å². The third kappa shape index (κ3) is 2.65. The Bertz CT molecular complexity index is 577. The maximum absolute atomic E-state index is 12.2. The minimum absolute atomic E-state index is 0.0547. The molecule has 2 rings (SSSR count). The van der Waals surface area contributed by atoms with Crippen LogP contribution in [-0.4, -0.2) is 5.91 Å². The molecule has 0 radical (unpaired) electrons. The lowest BCUT2D eigenvalue weighted by Crippen LogP contribution is -2.13. The number of carbonyl (C=O) groups excluding carboxylic acids is 1. The van der Waals surface area contributed by atoms with Crippen LogP contribution >= 0.6 is 27.3 Å². The molecule has 2 nitrogen and oxygen atoms in total. The Morgan fingerprint density at radius 1 is 1.39 bits per heavy atom. The molecule has 0 unspecified atom stereocenters. The minimum atomic E-state index is -0.0547. The molecular formula is C14H14BrNOS. The van der Waals surface area contributed by atoms with Gasteiger partial charge in [0.2, 0.25) is 0 Å². The molecule has 0 aliphatic heterocycles. The monoisotopic (exact) mass is 323 g/mol. The van der Waals surface area contributed by atoms with E-state index >= 15 is 0 Å². The van der Waals surface area contributed by atoms with Crippen molar-refractivity contribution in [1.29, 1.82) is 0 Å². The zero-order valence-corrected chi connectivity index (χ0v) is 12.7. The number of hydrogen-bond donors (Lipinski definition) is 1. The number of amides is 1. The van der Waals surface area contributed by atoms with Crippen molar-refractivity contribution in [1.82, 2.24) is 0 Å². The number of nitrogens with one attached hydrogen (secondary N) is 1. The fourth-order valence-corrected chi connectivity index (χ4v) is 3.27. The Labute approximate surface area is 119 Å². The zero-order valence-electron chi connectivity index (χ0n) is 10.3. The Morgan fingerprint density at radius 3 is 2.78 bits per heavy atom. The second-order valence-corrected chi connectivity index (χ2v) is 5.78. The van der Waals surface area contributed by atoms with Crippen molar-refractivity contribution in [3.63, 3.8) is 0 Å². The molecular weight excluding hydrogens is 310 g/mol. The largest absolute Gasteiger partial charge is 0.321 e. The van der Waals surface area contributed by atoms with Crippen LogP contribution in [0.2, 0.25) is 0 Å². The number of para-hydroxylation sites is 1. The van der Waals surface area contributed by atoms with E-state index in [1.54, 1.807) is 0 Å². The summed E-state index contributed by atoms with van der Waals surface area (Å²) in [5.74, 6) is -0.0547. The predicted octanol–water partition coefficient (Wildman–Crippen LogP) is 4.63. The molecule has 0 fully saturated rings. The van der Waals surface area contributed by atoms with Crippen molar-refractivity contribution in [2.24, 2.45) is 0 Å². The number of hydrogen-bond acceptors (Lipinski definition) is 2. The van der Waals surface area contributed by atoms with Gasteiger partial charge >= 0.3 is 0 Å². The summed E-state index contributed by atoms with van der Waals surface area (Å²) < 4.78 is 0.844. The molecule has 4 heteroatoms.